The third kappa shape index (κ3) is 1.87. The Hall–Kier alpha value is -1.35. The predicted octanol–water partition coefficient (Wildman–Crippen LogP) is 3.64. The molecule has 3 nitrogen and oxygen atoms in total. The van der Waals surface area contributed by atoms with Crippen molar-refractivity contribution >= 4 is 11.1 Å². The monoisotopic (exact) mass is 272 g/mol. The molecule has 3 rings (SSSR count). The van der Waals surface area contributed by atoms with Gasteiger partial charge in [-0.05, 0) is 35.9 Å². The van der Waals surface area contributed by atoms with Gasteiger partial charge in [-0.3, -0.25) is 0 Å². The zero-order valence-corrected chi connectivity index (χ0v) is 13.0. The van der Waals surface area contributed by atoms with Crippen LogP contribution in [0.2, 0.25) is 0 Å². The molecule has 1 aromatic heterocycles. The fourth-order valence-corrected chi connectivity index (χ4v) is 3.84. The molecule has 2 aromatic rings. The summed E-state index contributed by atoms with van der Waals surface area (Å²) in [4.78, 5) is 4.60. The molecular weight excluding hydrogens is 248 g/mol. The summed E-state index contributed by atoms with van der Waals surface area (Å²) in [5.74, 6) is 1.49. The number of hydrogen-bond acceptors (Lipinski definition) is 3. The lowest BCUT2D eigenvalue weighted by atomic mass is 10.0. The lowest BCUT2D eigenvalue weighted by molar-refractivity contribution is 0.386. The number of likely N-dealkylation sites (N-methyl/N-ethyl adjacent to an activating group) is 1. The number of nitrogens with one attached hydrogen (secondary N) is 1. The van der Waals surface area contributed by atoms with E-state index in [0.29, 0.717) is 22.8 Å². The summed E-state index contributed by atoms with van der Waals surface area (Å²) < 4.78 is 5.86. The van der Waals surface area contributed by atoms with Gasteiger partial charge < -0.3 is 9.73 Å². The molecule has 1 heterocycles. The number of rotatable bonds is 4. The molecule has 108 valence electrons. The number of benzene rings is 1. The molecule has 1 unspecified atom stereocenters. The standard InChI is InChI=1S/C17H24N2O/c1-16(2)15(17(16,3)4)12(18-5)10-14-19-11-8-6-7-9-13(11)20-14/h6-9,12,15,18H,10H2,1-5H3. The molecule has 1 N–H and O–H groups in total. The summed E-state index contributed by atoms with van der Waals surface area (Å²) in [7, 11) is 2.04. The number of fused-ring (bicyclic) bond motifs is 1. The molecule has 1 atom stereocenters. The van der Waals surface area contributed by atoms with Crippen LogP contribution in [-0.2, 0) is 6.42 Å². The molecule has 0 spiro atoms. The number of nitrogens with zero attached hydrogens (tertiary/aromatic N) is 1. The van der Waals surface area contributed by atoms with E-state index >= 15 is 0 Å². The Morgan fingerprint density at radius 1 is 1.20 bits per heavy atom. The predicted molar refractivity (Wildman–Crippen MR) is 81.6 cm³/mol. The minimum atomic E-state index is 0.368. The highest BCUT2D eigenvalue weighted by atomic mass is 16.3. The molecule has 1 aromatic carbocycles. The van der Waals surface area contributed by atoms with Crippen molar-refractivity contribution in [1.82, 2.24) is 10.3 Å². The second kappa shape index (κ2) is 4.32. The maximum Gasteiger partial charge on any atom is 0.197 e. The molecule has 1 aliphatic carbocycles. The van der Waals surface area contributed by atoms with Gasteiger partial charge in [0.1, 0.15) is 5.52 Å². The van der Waals surface area contributed by atoms with Crippen molar-refractivity contribution in [2.75, 3.05) is 7.05 Å². The van der Waals surface area contributed by atoms with E-state index in [1.807, 2.05) is 31.3 Å². The van der Waals surface area contributed by atoms with Gasteiger partial charge in [0.05, 0.1) is 0 Å². The van der Waals surface area contributed by atoms with E-state index < -0.39 is 0 Å². The molecule has 3 heteroatoms. The highest BCUT2D eigenvalue weighted by Gasteiger charge is 2.66. The maximum atomic E-state index is 5.86. The van der Waals surface area contributed by atoms with Crippen LogP contribution < -0.4 is 5.32 Å². The van der Waals surface area contributed by atoms with Gasteiger partial charge in [0, 0.05) is 12.5 Å². The van der Waals surface area contributed by atoms with Gasteiger partial charge in [-0.15, -0.1) is 0 Å². The quantitative estimate of drug-likeness (QED) is 0.923. The van der Waals surface area contributed by atoms with E-state index in [1.54, 1.807) is 0 Å². The summed E-state index contributed by atoms with van der Waals surface area (Å²) >= 11 is 0. The first-order chi connectivity index (χ1) is 9.38. The molecule has 1 saturated carbocycles. The smallest absolute Gasteiger partial charge is 0.197 e. The molecule has 0 saturated heterocycles. The lowest BCUT2D eigenvalue weighted by Crippen LogP contribution is -2.32. The first-order valence-electron chi connectivity index (χ1n) is 7.39. The second-order valence-corrected chi connectivity index (χ2v) is 7.10. The molecule has 0 amide bonds. The zero-order chi connectivity index (χ0) is 14.5. The summed E-state index contributed by atoms with van der Waals surface area (Å²) in [5, 5.41) is 3.47. The Morgan fingerprint density at radius 3 is 2.40 bits per heavy atom. The fourth-order valence-electron chi connectivity index (χ4n) is 3.84. The molecule has 0 aliphatic heterocycles. The highest BCUT2D eigenvalue weighted by Crippen LogP contribution is 2.69. The summed E-state index contributed by atoms with van der Waals surface area (Å²) in [6.07, 6.45) is 0.850. The Labute approximate surface area is 120 Å². The number of aromatic nitrogens is 1. The van der Waals surface area contributed by atoms with E-state index in [4.69, 9.17) is 4.42 Å². The Morgan fingerprint density at radius 2 is 1.85 bits per heavy atom. The Balaban J connectivity index is 1.82. The normalized spacial score (nSPS) is 22.1. The van der Waals surface area contributed by atoms with Gasteiger partial charge in [-0.1, -0.05) is 39.8 Å². The average Bonchev–Trinajstić information content (AvgIpc) is 2.73. The lowest BCUT2D eigenvalue weighted by Gasteiger charge is -2.16. The van der Waals surface area contributed by atoms with Crippen molar-refractivity contribution in [2.45, 2.75) is 40.2 Å². The van der Waals surface area contributed by atoms with Crippen molar-refractivity contribution < 1.29 is 4.42 Å². The molecule has 0 bridgehead atoms. The van der Waals surface area contributed by atoms with Gasteiger partial charge in [0.2, 0.25) is 0 Å². The van der Waals surface area contributed by atoms with Crippen LogP contribution in [0, 0.1) is 16.7 Å². The fraction of sp³-hybridized carbons (Fsp3) is 0.588. The topological polar surface area (TPSA) is 38.1 Å². The third-order valence-corrected chi connectivity index (χ3v) is 5.64. The summed E-state index contributed by atoms with van der Waals surface area (Å²) in [5.41, 5.74) is 2.57. The molecule has 0 radical (unpaired) electrons. The van der Waals surface area contributed by atoms with Gasteiger partial charge in [-0.25, -0.2) is 4.98 Å². The third-order valence-electron chi connectivity index (χ3n) is 5.64. The summed E-state index contributed by atoms with van der Waals surface area (Å²) in [6.45, 7) is 9.42. The number of para-hydroxylation sites is 2. The van der Waals surface area contributed by atoms with Gasteiger partial charge in [0.25, 0.3) is 0 Å². The minimum Gasteiger partial charge on any atom is -0.441 e. The first kappa shape index (κ1) is 13.6. The SMILES string of the molecule is CNC(Cc1nc2ccccc2o1)C1C(C)(C)C1(C)C. The average molecular weight is 272 g/mol. The van der Waals surface area contributed by atoms with Crippen LogP contribution in [0.1, 0.15) is 33.6 Å². The van der Waals surface area contributed by atoms with Crippen LogP contribution in [0.3, 0.4) is 0 Å². The Bertz CT molecular complexity index is 580. The summed E-state index contributed by atoms with van der Waals surface area (Å²) in [6, 6.07) is 8.37. The van der Waals surface area contributed by atoms with Crippen molar-refractivity contribution in [2.24, 2.45) is 16.7 Å². The van der Waals surface area contributed by atoms with E-state index in [-0.39, 0.29) is 0 Å². The molecular formula is C17H24N2O. The van der Waals surface area contributed by atoms with Crippen LogP contribution in [0.5, 0.6) is 0 Å². The minimum absolute atomic E-state index is 0.368. The van der Waals surface area contributed by atoms with Crippen LogP contribution in [0.15, 0.2) is 28.7 Å². The second-order valence-electron chi connectivity index (χ2n) is 7.10. The van der Waals surface area contributed by atoms with E-state index in [9.17, 15) is 0 Å². The van der Waals surface area contributed by atoms with Crippen molar-refractivity contribution in [3.05, 3.63) is 30.2 Å². The van der Waals surface area contributed by atoms with Crippen LogP contribution >= 0.6 is 0 Å². The maximum absolute atomic E-state index is 5.86. The van der Waals surface area contributed by atoms with E-state index in [1.165, 1.54) is 0 Å². The molecule has 1 fully saturated rings. The van der Waals surface area contributed by atoms with Crippen molar-refractivity contribution in [1.29, 1.82) is 0 Å². The highest BCUT2D eigenvalue weighted by molar-refractivity contribution is 5.72. The van der Waals surface area contributed by atoms with Crippen LogP contribution in [-0.4, -0.2) is 18.1 Å². The van der Waals surface area contributed by atoms with Crippen molar-refractivity contribution in [3.63, 3.8) is 0 Å². The molecule has 1 aliphatic rings. The zero-order valence-electron chi connectivity index (χ0n) is 13.0. The largest absolute Gasteiger partial charge is 0.441 e. The van der Waals surface area contributed by atoms with Crippen molar-refractivity contribution in [3.8, 4) is 0 Å². The first-order valence-corrected chi connectivity index (χ1v) is 7.39. The molecule has 20 heavy (non-hydrogen) atoms. The Kier molecular flexibility index (Phi) is 2.94. The number of oxazole rings is 1. The van der Waals surface area contributed by atoms with Gasteiger partial charge in [-0.2, -0.15) is 0 Å². The van der Waals surface area contributed by atoms with E-state index in [2.05, 4.69) is 38.0 Å². The van der Waals surface area contributed by atoms with Gasteiger partial charge in [0.15, 0.2) is 11.5 Å². The van der Waals surface area contributed by atoms with Gasteiger partial charge >= 0.3 is 0 Å². The van der Waals surface area contributed by atoms with E-state index in [0.717, 1.165) is 23.4 Å². The van der Waals surface area contributed by atoms with Crippen LogP contribution in [0.4, 0.5) is 0 Å². The number of hydrogen-bond donors (Lipinski definition) is 1. The van der Waals surface area contributed by atoms with Crippen LogP contribution in [0.25, 0.3) is 11.1 Å².